The van der Waals surface area contributed by atoms with Gasteiger partial charge < -0.3 is 14.0 Å². The third-order valence-electron chi connectivity index (χ3n) is 11.3. The molecule has 1 radical (unpaired) electrons. The van der Waals surface area contributed by atoms with E-state index < -0.39 is 8.07 Å². The molecule has 4 aromatic heterocycles. The van der Waals surface area contributed by atoms with Crippen LogP contribution < -0.4 is 5.19 Å². The molecule has 7 heteroatoms. The molecule has 0 aliphatic carbocycles. The van der Waals surface area contributed by atoms with E-state index in [2.05, 4.69) is 169 Å². The smallest absolute Gasteiger partial charge is 0.120 e. The van der Waals surface area contributed by atoms with Gasteiger partial charge in [0, 0.05) is 43.6 Å². The van der Waals surface area contributed by atoms with Crippen molar-refractivity contribution < 1.29 is 24.5 Å². The number of hydrogen-bond donors (Lipinski definition) is 0. The summed E-state index contributed by atoms with van der Waals surface area (Å²) in [6.07, 6.45) is 6.90. The molecule has 0 spiro atoms. The summed E-state index contributed by atoms with van der Waals surface area (Å²) in [6.45, 7) is 23.2. The number of rotatable bonds is 8. The number of nitrogens with zero attached hydrogens (tertiary/aromatic N) is 4. The molecule has 0 N–H and O–H groups in total. The second-order valence-corrected chi connectivity index (χ2v) is 24.0. The molecule has 0 amide bonds. The van der Waals surface area contributed by atoms with Gasteiger partial charge in [-0.3, -0.25) is 9.97 Å². The Labute approximate surface area is 382 Å². The Balaban J connectivity index is 0.000000223. The van der Waals surface area contributed by atoms with Crippen LogP contribution in [0.2, 0.25) is 19.6 Å². The average Bonchev–Trinajstić information content (AvgIpc) is 3.82. The van der Waals surface area contributed by atoms with Crippen molar-refractivity contribution >= 4 is 46.2 Å². The Kier molecular flexibility index (Phi) is 13.0. The Hall–Kier alpha value is -5.46. The molecule has 9 aromatic rings. The summed E-state index contributed by atoms with van der Waals surface area (Å²) in [5, 5.41) is 3.64. The third kappa shape index (κ3) is 9.17. The molecule has 5 nitrogen and oxygen atoms in total. The second kappa shape index (κ2) is 18.1. The first-order chi connectivity index (χ1) is 29.2. The first-order valence-electron chi connectivity index (χ1n) is 21.5. The van der Waals surface area contributed by atoms with Gasteiger partial charge in [-0.25, -0.2) is 0 Å². The van der Waals surface area contributed by atoms with Crippen LogP contribution in [0.15, 0.2) is 138 Å². The van der Waals surface area contributed by atoms with Gasteiger partial charge in [-0.1, -0.05) is 139 Å². The third-order valence-corrected chi connectivity index (χ3v) is 13.3. The molecule has 9 rings (SSSR count). The van der Waals surface area contributed by atoms with Gasteiger partial charge in [0.1, 0.15) is 5.58 Å². The zero-order chi connectivity index (χ0) is 43.1. The van der Waals surface area contributed by atoms with Crippen molar-refractivity contribution in [3.8, 4) is 39.5 Å². The van der Waals surface area contributed by atoms with E-state index in [-0.39, 0.29) is 37.4 Å². The number of aromatic nitrogens is 4. The number of fused-ring (bicyclic) bond motifs is 4. The van der Waals surface area contributed by atoms with Crippen LogP contribution in [-0.2, 0) is 26.5 Å². The van der Waals surface area contributed by atoms with E-state index in [9.17, 15) is 0 Å². The van der Waals surface area contributed by atoms with Crippen LogP contribution in [0, 0.1) is 17.5 Å². The maximum absolute atomic E-state index is 6.46. The minimum absolute atomic E-state index is 0. The van der Waals surface area contributed by atoms with Crippen LogP contribution in [0.4, 0.5) is 0 Å². The molecule has 0 saturated carbocycles. The van der Waals surface area contributed by atoms with Gasteiger partial charge in [-0.15, -0.1) is 54.1 Å². The SMILES string of the molecule is CC(C)(C)Cc1cc(-c2[c-]cccc2)ncc1[Si](C)(C)C.CC(C)c1cc(-c2ccccc2)cc(C(C)C)c1-n1c(-c2[c-]ccc3c2oc2ccccc23)nc2cnccc21.[Ir]. The van der Waals surface area contributed by atoms with E-state index >= 15 is 0 Å². The number of para-hydroxylation sites is 1. The fourth-order valence-corrected chi connectivity index (χ4v) is 9.96. The number of pyridine rings is 2. The van der Waals surface area contributed by atoms with Gasteiger partial charge in [0.2, 0.25) is 0 Å². The molecule has 0 aliphatic rings. The van der Waals surface area contributed by atoms with Crippen molar-refractivity contribution in [2.75, 3.05) is 0 Å². The number of benzene rings is 5. The predicted molar refractivity (Wildman–Crippen MR) is 259 cm³/mol. The van der Waals surface area contributed by atoms with Gasteiger partial charge in [0.05, 0.1) is 36.7 Å². The van der Waals surface area contributed by atoms with E-state index in [1.807, 2.05) is 54.9 Å². The quantitative estimate of drug-likeness (QED) is 0.112. The van der Waals surface area contributed by atoms with Crippen LogP contribution in [0.25, 0.3) is 72.4 Å². The van der Waals surface area contributed by atoms with Gasteiger partial charge >= 0.3 is 0 Å². The molecule has 5 aromatic carbocycles. The number of hydrogen-bond acceptors (Lipinski definition) is 4. The molecule has 317 valence electrons. The second-order valence-electron chi connectivity index (χ2n) is 19.0. The Morgan fingerprint density at radius 3 is 2.08 bits per heavy atom. The maximum Gasteiger partial charge on any atom is 0.120 e. The van der Waals surface area contributed by atoms with E-state index in [4.69, 9.17) is 14.4 Å². The molecular formula is C55H56IrN4OSi-2. The van der Waals surface area contributed by atoms with Crippen LogP contribution in [0.1, 0.15) is 77.0 Å². The predicted octanol–water partition coefficient (Wildman–Crippen LogP) is 14.4. The van der Waals surface area contributed by atoms with E-state index in [0.717, 1.165) is 62.0 Å². The topological polar surface area (TPSA) is 56.7 Å². The van der Waals surface area contributed by atoms with Gasteiger partial charge in [-0.05, 0) is 81.1 Å². The van der Waals surface area contributed by atoms with Crippen molar-refractivity contribution in [3.05, 3.63) is 163 Å². The first-order valence-corrected chi connectivity index (χ1v) is 25.0. The molecule has 0 fully saturated rings. The van der Waals surface area contributed by atoms with Crippen molar-refractivity contribution in [2.45, 2.75) is 86.4 Å². The standard InChI is InChI=1S/C36H30N3O.C19H26NSi.Ir/c1-22(2)29-19-25(24-11-6-5-7-12-24)20-30(23(3)4)34(29)39-32-17-18-37-21-31(32)38-36(39)28-15-10-14-27-26-13-8-9-16-33(26)40-35(27)28;1-19(2,3)13-16-12-17(15-10-8-7-9-11-15)20-14-18(16)21(4,5)6;/h5-14,16-23H,1-4H3;7-10,12,14H,13H2,1-6H3;/q2*-1;. The number of imidazole rings is 1. The van der Waals surface area contributed by atoms with E-state index in [0.29, 0.717) is 0 Å². The monoisotopic (exact) mass is 1010 g/mol. The number of furan rings is 1. The van der Waals surface area contributed by atoms with E-state index in [1.165, 1.54) is 38.7 Å². The minimum atomic E-state index is -1.37. The molecule has 62 heavy (non-hydrogen) atoms. The zero-order valence-corrected chi connectivity index (χ0v) is 41.0. The summed E-state index contributed by atoms with van der Waals surface area (Å²) in [6, 6.07) is 46.8. The summed E-state index contributed by atoms with van der Waals surface area (Å²) >= 11 is 0. The van der Waals surface area contributed by atoms with Gasteiger partial charge in [-0.2, -0.15) is 0 Å². The Morgan fingerprint density at radius 1 is 0.726 bits per heavy atom. The molecule has 0 saturated heterocycles. The van der Waals surface area contributed by atoms with E-state index in [1.54, 1.807) is 0 Å². The van der Waals surface area contributed by atoms with Crippen LogP contribution in [-0.4, -0.2) is 27.6 Å². The summed E-state index contributed by atoms with van der Waals surface area (Å²) in [5.74, 6) is 1.38. The Bertz CT molecular complexity index is 2940. The molecule has 0 atom stereocenters. The van der Waals surface area contributed by atoms with Crippen LogP contribution >= 0.6 is 0 Å². The fourth-order valence-electron chi connectivity index (χ4n) is 8.39. The van der Waals surface area contributed by atoms with Crippen molar-refractivity contribution in [2.24, 2.45) is 5.41 Å². The molecular weight excluding hydrogens is 953 g/mol. The largest absolute Gasteiger partial charge is 0.501 e. The minimum Gasteiger partial charge on any atom is -0.501 e. The summed E-state index contributed by atoms with van der Waals surface area (Å²) in [7, 11) is -1.37. The normalized spacial score (nSPS) is 11.9. The molecule has 4 heterocycles. The average molecular weight is 1010 g/mol. The van der Waals surface area contributed by atoms with Crippen molar-refractivity contribution in [3.63, 3.8) is 0 Å². The van der Waals surface area contributed by atoms with Crippen LogP contribution in [0.3, 0.4) is 0 Å². The molecule has 0 unspecified atom stereocenters. The summed E-state index contributed by atoms with van der Waals surface area (Å²) in [5.41, 5.74) is 14.4. The zero-order valence-electron chi connectivity index (χ0n) is 37.6. The van der Waals surface area contributed by atoms with Gasteiger partial charge in [0.25, 0.3) is 0 Å². The Morgan fingerprint density at radius 2 is 1.42 bits per heavy atom. The molecule has 0 aliphatic heterocycles. The van der Waals surface area contributed by atoms with Crippen molar-refractivity contribution in [1.29, 1.82) is 0 Å². The summed E-state index contributed by atoms with van der Waals surface area (Å²) in [4.78, 5) is 14.3. The maximum atomic E-state index is 6.46. The van der Waals surface area contributed by atoms with Crippen molar-refractivity contribution in [1.82, 2.24) is 19.5 Å². The molecule has 0 bridgehead atoms. The summed E-state index contributed by atoms with van der Waals surface area (Å²) < 4.78 is 8.77. The first kappa shape index (κ1) is 44.6. The fraction of sp³-hybridized carbons (Fsp3) is 0.255. The van der Waals surface area contributed by atoms with Gasteiger partial charge in [0.15, 0.2) is 0 Å². The van der Waals surface area contributed by atoms with Crippen LogP contribution in [0.5, 0.6) is 0 Å².